The molecule has 2 atom stereocenters. The van der Waals surface area contributed by atoms with Gasteiger partial charge in [-0.3, -0.25) is 4.79 Å². The Morgan fingerprint density at radius 1 is 1.62 bits per heavy atom. The molecule has 0 aliphatic carbocycles. The van der Waals surface area contributed by atoms with E-state index in [1.807, 2.05) is 6.07 Å². The Morgan fingerprint density at radius 2 is 2.44 bits per heavy atom. The Labute approximate surface area is 94.1 Å². The van der Waals surface area contributed by atoms with Gasteiger partial charge in [0.05, 0.1) is 31.9 Å². The minimum atomic E-state index is -0.222. The molecule has 0 spiro atoms. The van der Waals surface area contributed by atoms with Crippen molar-refractivity contribution < 1.29 is 13.9 Å². The van der Waals surface area contributed by atoms with Gasteiger partial charge in [0.1, 0.15) is 5.76 Å². The van der Waals surface area contributed by atoms with Crippen LogP contribution in [-0.2, 0) is 16.1 Å². The van der Waals surface area contributed by atoms with Crippen molar-refractivity contribution in [1.82, 2.24) is 4.90 Å². The summed E-state index contributed by atoms with van der Waals surface area (Å²) in [6.45, 7) is 1.35. The zero-order valence-electron chi connectivity index (χ0n) is 9.26. The number of nitrogens with zero attached hydrogens (tertiary/aromatic N) is 1. The number of carbonyl (C=O) groups is 1. The number of nitrogens with two attached hydrogens (primary N) is 1. The third-order valence-electron chi connectivity index (χ3n) is 2.79. The Bertz CT molecular complexity index is 350. The molecular formula is C11H16N2O3. The van der Waals surface area contributed by atoms with Crippen molar-refractivity contribution in [2.45, 2.75) is 12.6 Å². The molecule has 0 aromatic carbocycles. The van der Waals surface area contributed by atoms with Gasteiger partial charge in [0.25, 0.3) is 0 Å². The van der Waals surface area contributed by atoms with Gasteiger partial charge in [-0.15, -0.1) is 0 Å². The number of ether oxygens (including phenoxy) is 1. The van der Waals surface area contributed by atoms with Gasteiger partial charge in [0.2, 0.25) is 5.91 Å². The molecule has 2 unspecified atom stereocenters. The average Bonchev–Trinajstić information content (AvgIpc) is 2.88. The Balaban J connectivity index is 1.94. The zero-order chi connectivity index (χ0) is 11.5. The number of carbonyl (C=O) groups excluding carboxylic acids is 1. The molecule has 1 saturated heterocycles. The highest BCUT2D eigenvalue weighted by atomic mass is 16.5. The van der Waals surface area contributed by atoms with Crippen LogP contribution in [0.15, 0.2) is 22.8 Å². The highest BCUT2D eigenvalue weighted by molar-refractivity contribution is 5.79. The van der Waals surface area contributed by atoms with Gasteiger partial charge in [0.15, 0.2) is 0 Å². The summed E-state index contributed by atoms with van der Waals surface area (Å²) in [5, 5.41) is 0. The summed E-state index contributed by atoms with van der Waals surface area (Å²) in [7, 11) is 1.75. The van der Waals surface area contributed by atoms with Crippen LogP contribution in [0.4, 0.5) is 0 Å². The second-order valence-corrected chi connectivity index (χ2v) is 4.08. The largest absolute Gasteiger partial charge is 0.467 e. The molecule has 1 amide bonds. The molecule has 2 N–H and O–H groups in total. The number of hydrogen-bond acceptors (Lipinski definition) is 4. The van der Waals surface area contributed by atoms with Crippen LogP contribution in [0.25, 0.3) is 0 Å². The highest BCUT2D eigenvalue weighted by Crippen LogP contribution is 2.15. The molecule has 1 fully saturated rings. The van der Waals surface area contributed by atoms with Crippen molar-refractivity contribution in [3.8, 4) is 0 Å². The number of furan rings is 1. The van der Waals surface area contributed by atoms with E-state index in [1.165, 1.54) is 0 Å². The van der Waals surface area contributed by atoms with Gasteiger partial charge in [-0.1, -0.05) is 0 Å². The molecule has 2 heterocycles. The minimum Gasteiger partial charge on any atom is -0.467 e. The van der Waals surface area contributed by atoms with E-state index in [4.69, 9.17) is 14.9 Å². The molecule has 16 heavy (non-hydrogen) atoms. The fourth-order valence-electron chi connectivity index (χ4n) is 1.82. The topological polar surface area (TPSA) is 68.7 Å². The molecule has 2 rings (SSSR count). The molecule has 0 saturated carbocycles. The third kappa shape index (κ3) is 2.25. The van der Waals surface area contributed by atoms with Gasteiger partial charge in [-0.25, -0.2) is 0 Å². The predicted octanol–water partition coefficient (Wildman–Crippen LogP) is 0.212. The van der Waals surface area contributed by atoms with Crippen LogP contribution >= 0.6 is 0 Å². The Kier molecular flexibility index (Phi) is 3.26. The molecule has 0 bridgehead atoms. The Hall–Kier alpha value is -1.33. The summed E-state index contributed by atoms with van der Waals surface area (Å²) < 4.78 is 10.4. The highest BCUT2D eigenvalue weighted by Gasteiger charge is 2.33. The smallest absolute Gasteiger partial charge is 0.229 e. The van der Waals surface area contributed by atoms with Crippen molar-refractivity contribution >= 4 is 5.91 Å². The molecule has 5 heteroatoms. The zero-order valence-corrected chi connectivity index (χ0v) is 9.26. The standard InChI is InChI=1S/C11H16N2O3/c1-13(5-8-3-2-4-16-8)11(14)9-6-15-7-10(9)12/h2-4,9-10H,5-7,12H2,1H3. The van der Waals surface area contributed by atoms with Crippen LogP contribution in [0, 0.1) is 5.92 Å². The lowest BCUT2D eigenvalue weighted by molar-refractivity contribution is -0.135. The lowest BCUT2D eigenvalue weighted by Gasteiger charge is -2.21. The minimum absolute atomic E-state index is 0.0152. The first-order valence-electron chi connectivity index (χ1n) is 5.29. The van der Waals surface area contributed by atoms with Crippen molar-refractivity contribution in [2.75, 3.05) is 20.3 Å². The monoisotopic (exact) mass is 224 g/mol. The van der Waals surface area contributed by atoms with Crippen molar-refractivity contribution in [3.63, 3.8) is 0 Å². The fourth-order valence-corrected chi connectivity index (χ4v) is 1.82. The van der Waals surface area contributed by atoms with E-state index in [0.29, 0.717) is 19.8 Å². The van der Waals surface area contributed by atoms with Gasteiger partial charge < -0.3 is 19.8 Å². The predicted molar refractivity (Wildman–Crippen MR) is 57.5 cm³/mol. The molecular weight excluding hydrogens is 208 g/mol. The maximum Gasteiger partial charge on any atom is 0.229 e. The number of amides is 1. The fraction of sp³-hybridized carbons (Fsp3) is 0.545. The second kappa shape index (κ2) is 4.67. The first kappa shape index (κ1) is 11.2. The molecule has 1 aliphatic heterocycles. The number of rotatable bonds is 3. The van der Waals surface area contributed by atoms with Crippen molar-refractivity contribution in [3.05, 3.63) is 24.2 Å². The molecule has 1 aromatic heterocycles. The van der Waals surface area contributed by atoms with Gasteiger partial charge in [-0.2, -0.15) is 0 Å². The SMILES string of the molecule is CN(Cc1ccco1)C(=O)C1COCC1N. The van der Waals surface area contributed by atoms with E-state index in [-0.39, 0.29) is 17.9 Å². The third-order valence-corrected chi connectivity index (χ3v) is 2.79. The van der Waals surface area contributed by atoms with E-state index in [2.05, 4.69) is 0 Å². The molecule has 0 radical (unpaired) electrons. The Morgan fingerprint density at radius 3 is 3.00 bits per heavy atom. The summed E-state index contributed by atoms with van der Waals surface area (Å²) in [5.41, 5.74) is 5.80. The van der Waals surface area contributed by atoms with E-state index >= 15 is 0 Å². The van der Waals surface area contributed by atoms with E-state index in [1.54, 1.807) is 24.3 Å². The molecule has 1 aliphatic rings. The lowest BCUT2D eigenvalue weighted by atomic mass is 10.0. The van der Waals surface area contributed by atoms with Crippen molar-refractivity contribution in [1.29, 1.82) is 0 Å². The summed E-state index contributed by atoms with van der Waals surface area (Å²) in [5.74, 6) is 0.560. The number of hydrogen-bond donors (Lipinski definition) is 1. The van der Waals surface area contributed by atoms with Gasteiger partial charge in [-0.05, 0) is 12.1 Å². The lowest BCUT2D eigenvalue weighted by Crippen LogP contribution is -2.41. The second-order valence-electron chi connectivity index (χ2n) is 4.08. The van der Waals surface area contributed by atoms with E-state index in [9.17, 15) is 4.79 Å². The first-order valence-corrected chi connectivity index (χ1v) is 5.29. The maximum absolute atomic E-state index is 12.0. The van der Waals surface area contributed by atoms with Gasteiger partial charge in [0, 0.05) is 13.1 Å². The van der Waals surface area contributed by atoms with E-state index < -0.39 is 0 Å². The van der Waals surface area contributed by atoms with Crippen molar-refractivity contribution in [2.24, 2.45) is 11.7 Å². The maximum atomic E-state index is 12.0. The normalized spacial score (nSPS) is 24.6. The molecule has 5 nitrogen and oxygen atoms in total. The molecule has 88 valence electrons. The molecule has 1 aromatic rings. The van der Waals surface area contributed by atoms with E-state index in [0.717, 1.165) is 5.76 Å². The van der Waals surface area contributed by atoms with Gasteiger partial charge >= 0.3 is 0 Å². The van der Waals surface area contributed by atoms with Crippen LogP contribution in [0.2, 0.25) is 0 Å². The first-order chi connectivity index (χ1) is 7.68. The summed E-state index contributed by atoms with van der Waals surface area (Å²) in [6, 6.07) is 3.46. The quantitative estimate of drug-likeness (QED) is 0.797. The summed E-state index contributed by atoms with van der Waals surface area (Å²) >= 11 is 0. The van der Waals surface area contributed by atoms with Crippen LogP contribution in [0.5, 0.6) is 0 Å². The van der Waals surface area contributed by atoms with Crippen LogP contribution in [0.3, 0.4) is 0 Å². The van der Waals surface area contributed by atoms with Crippen LogP contribution in [-0.4, -0.2) is 37.1 Å². The summed E-state index contributed by atoms with van der Waals surface area (Å²) in [4.78, 5) is 13.6. The summed E-state index contributed by atoms with van der Waals surface area (Å²) in [6.07, 6.45) is 1.60. The van der Waals surface area contributed by atoms with Crippen LogP contribution in [0.1, 0.15) is 5.76 Å². The average molecular weight is 224 g/mol. The van der Waals surface area contributed by atoms with Crippen LogP contribution < -0.4 is 5.73 Å².